The van der Waals surface area contributed by atoms with E-state index in [1.54, 1.807) is 0 Å². The summed E-state index contributed by atoms with van der Waals surface area (Å²) in [6.45, 7) is 15.4. The van der Waals surface area contributed by atoms with Crippen LogP contribution in [0.2, 0.25) is 0 Å². The molecule has 0 heterocycles. The largest absolute Gasteiger partial charge is 0.115 e. The molecule has 1 rings (SSSR count). The minimum Gasteiger partial charge on any atom is -0.115 e. The highest BCUT2D eigenvalue weighted by atomic mass is 14.2. The molecule has 0 heteroatoms. The minimum atomic E-state index is 0.341. The molecule has 0 amide bonds. The van der Waals surface area contributed by atoms with Crippen molar-refractivity contribution in [2.24, 2.45) is 11.8 Å². The van der Waals surface area contributed by atoms with Crippen molar-refractivity contribution >= 4 is 5.57 Å². The zero-order chi connectivity index (χ0) is 19.5. The van der Waals surface area contributed by atoms with Crippen molar-refractivity contribution in [3.63, 3.8) is 0 Å². The van der Waals surface area contributed by atoms with Crippen molar-refractivity contribution in [2.75, 3.05) is 0 Å². The van der Waals surface area contributed by atoms with E-state index < -0.39 is 0 Å². The van der Waals surface area contributed by atoms with Gasteiger partial charge < -0.3 is 0 Å². The van der Waals surface area contributed by atoms with Crippen LogP contribution in [-0.2, 0) is 6.42 Å². The topological polar surface area (TPSA) is 0 Å². The summed E-state index contributed by atoms with van der Waals surface area (Å²) in [4.78, 5) is 0. The highest BCUT2D eigenvalue weighted by Gasteiger charge is 2.14. The monoisotopic (exact) mass is 346 g/mol. The third-order valence-electron chi connectivity index (χ3n) is 5.05. The van der Waals surface area contributed by atoms with Crippen LogP contribution in [0.15, 0.2) is 61.2 Å². The molecule has 0 saturated carbocycles. The highest BCUT2D eigenvalue weighted by Crippen LogP contribution is 2.30. The number of hydrogen-bond donors (Lipinski definition) is 0. The van der Waals surface area contributed by atoms with Gasteiger partial charge in [-0.3, -0.25) is 0 Å². The Bertz CT molecular complexity index is 704. The van der Waals surface area contributed by atoms with Crippen LogP contribution in [0.4, 0.5) is 0 Å². The summed E-state index contributed by atoms with van der Waals surface area (Å²) < 4.78 is 0. The molecule has 0 aliphatic rings. The van der Waals surface area contributed by atoms with E-state index in [2.05, 4.69) is 76.6 Å². The van der Waals surface area contributed by atoms with Gasteiger partial charge in [0.05, 0.1) is 0 Å². The lowest BCUT2D eigenvalue weighted by Gasteiger charge is -2.20. The molecule has 138 valence electrons. The average Bonchev–Trinajstić information content (AvgIpc) is 2.63. The first-order valence-corrected chi connectivity index (χ1v) is 9.68. The lowest BCUT2D eigenvalue weighted by atomic mass is 9.85. The van der Waals surface area contributed by atoms with E-state index in [1.807, 2.05) is 25.2 Å². The third-order valence-corrected chi connectivity index (χ3v) is 5.05. The summed E-state index contributed by atoms with van der Waals surface area (Å²) in [6, 6.07) is 6.84. The third kappa shape index (κ3) is 6.57. The molecule has 2 atom stereocenters. The summed E-state index contributed by atoms with van der Waals surface area (Å²) >= 11 is 0. The molecule has 0 aliphatic heterocycles. The summed E-state index contributed by atoms with van der Waals surface area (Å²) in [5.74, 6) is 4.25. The van der Waals surface area contributed by atoms with E-state index in [1.165, 1.54) is 16.7 Å². The molecule has 0 aliphatic carbocycles. The quantitative estimate of drug-likeness (QED) is 0.324. The Balaban J connectivity index is 3.31. The summed E-state index contributed by atoms with van der Waals surface area (Å²) in [5, 5.41) is 0. The maximum Gasteiger partial charge on any atom is 0.00249 e. The number of hydrogen-bond acceptors (Lipinski definition) is 0. The SMILES string of the molecule is C#C/C=C\C(CC)c1ccc(CC(C)C(C)C)c(C(=C)/C=C\C=C/C)c1. The molecule has 26 heavy (non-hydrogen) atoms. The van der Waals surface area contributed by atoms with E-state index in [-0.39, 0.29) is 0 Å². The highest BCUT2D eigenvalue weighted by molar-refractivity contribution is 5.75. The molecule has 0 nitrogen and oxygen atoms in total. The van der Waals surface area contributed by atoms with Gasteiger partial charge in [-0.1, -0.05) is 88.8 Å². The molecule has 1 aromatic rings. The molecule has 2 unspecified atom stereocenters. The van der Waals surface area contributed by atoms with Gasteiger partial charge in [-0.25, -0.2) is 0 Å². The molecule has 0 radical (unpaired) electrons. The molecule has 0 fully saturated rings. The minimum absolute atomic E-state index is 0.341. The standard InChI is InChI=1S/C26H34/c1-8-11-13-14-21(6)26-19-24(23(10-3)15-12-9-2)16-17-25(26)18-22(7)20(4)5/h2,8,11-17,19-20,22-23H,6,10,18H2,1,3-5,7H3/b11-8-,14-13-,15-12-. The maximum atomic E-state index is 5.40. The van der Waals surface area contributed by atoms with Gasteiger partial charge >= 0.3 is 0 Å². The van der Waals surface area contributed by atoms with Crippen molar-refractivity contribution < 1.29 is 0 Å². The Labute approximate surface area is 161 Å². The van der Waals surface area contributed by atoms with Gasteiger partial charge in [-0.05, 0) is 59.9 Å². The zero-order valence-corrected chi connectivity index (χ0v) is 17.1. The first-order chi connectivity index (χ1) is 12.4. The fraction of sp³-hybridized carbons (Fsp3) is 0.385. The Morgan fingerprint density at radius 2 is 1.96 bits per heavy atom. The summed E-state index contributed by atoms with van der Waals surface area (Å²) in [5.41, 5.74) is 4.99. The Morgan fingerprint density at radius 3 is 2.54 bits per heavy atom. The van der Waals surface area contributed by atoms with Gasteiger partial charge in [0, 0.05) is 5.92 Å². The van der Waals surface area contributed by atoms with E-state index in [0.29, 0.717) is 17.8 Å². The summed E-state index contributed by atoms with van der Waals surface area (Å²) in [6.07, 6.45) is 19.6. The van der Waals surface area contributed by atoms with Crippen molar-refractivity contribution in [2.45, 2.75) is 53.4 Å². The van der Waals surface area contributed by atoms with Crippen LogP contribution in [0, 0.1) is 24.2 Å². The van der Waals surface area contributed by atoms with Crippen LogP contribution in [0.1, 0.15) is 63.6 Å². The first-order valence-electron chi connectivity index (χ1n) is 9.68. The van der Waals surface area contributed by atoms with Crippen molar-refractivity contribution in [3.05, 3.63) is 77.9 Å². The Kier molecular flexibility index (Phi) is 9.53. The van der Waals surface area contributed by atoms with Crippen LogP contribution in [0.3, 0.4) is 0 Å². The number of terminal acetylenes is 1. The Hall–Kier alpha value is -2.26. The number of benzene rings is 1. The van der Waals surface area contributed by atoms with Gasteiger partial charge in [0.15, 0.2) is 0 Å². The predicted molar refractivity (Wildman–Crippen MR) is 118 cm³/mol. The zero-order valence-electron chi connectivity index (χ0n) is 17.1. The molecular formula is C26H34. The van der Waals surface area contributed by atoms with E-state index in [0.717, 1.165) is 18.4 Å². The van der Waals surface area contributed by atoms with Crippen LogP contribution in [-0.4, -0.2) is 0 Å². The van der Waals surface area contributed by atoms with Crippen LogP contribution < -0.4 is 0 Å². The fourth-order valence-electron chi connectivity index (χ4n) is 2.91. The molecule has 0 N–H and O–H groups in total. The van der Waals surface area contributed by atoms with E-state index in [4.69, 9.17) is 6.42 Å². The fourth-order valence-corrected chi connectivity index (χ4v) is 2.91. The average molecular weight is 347 g/mol. The van der Waals surface area contributed by atoms with Gasteiger partial charge in [0.1, 0.15) is 0 Å². The first kappa shape index (κ1) is 21.8. The second kappa shape index (κ2) is 11.4. The molecule has 0 spiro atoms. The predicted octanol–water partition coefficient (Wildman–Crippen LogP) is 7.35. The second-order valence-corrected chi connectivity index (χ2v) is 7.29. The maximum absolute atomic E-state index is 5.40. The van der Waals surface area contributed by atoms with Crippen LogP contribution in [0.25, 0.3) is 5.57 Å². The molecule has 0 saturated heterocycles. The van der Waals surface area contributed by atoms with E-state index in [9.17, 15) is 0 Å². The molecule has 0 bridgehead atoms. The van der Waals surface area contributed by atoms with Gasteiger partial charge in [0.25, 0.3) is 0 Å². The smallest absolute Gasteiger partial charge is 0.00249 e. The Morgan fingerprint density at radius 1 is 1.23 bits per heavy atom. The van der Waals surface area contributed by atoms with E-state index >= 15 is 0 Å². The van der Waals surface area contributed by atoms with Crippen molar-refractivity contribution in [3.8, 4) is 12.3 Å². The number of rotatable bonds is 9. The summed E-state index contributed by atoms with van der Waals surface area (Å²) in [7, 11) is 0. The van der Waals surface area contributed by atoms with Crippen molar-refractivity contribution in [1.82, 2.24) is 0 Å². The molecular weight excluding hydrogens is 312 g/mol. The van der Waals surface area contributed by atoms with Gasteiger partial charge in [0.2, 0.25) is 0 Å². The van der Waals surface area contributed by atoms with Gasteiger partial charge in [-0.2, -0.15) is 0 Å². The van der Waals surface area contributed by atoms with Crippen LogP contribution >= 0.6 is 0 Å². The van der Waals surface area contributed by atoms with Gasteiger partial charge in [-0.15, -0.1) is 6.42 Å². The lowest BCUT2D eigenvalue weighted by Crippen LogP contribution is -2.09. The van der Waals surface area contributed by atoms with Crippen molar-refractivity contribution in [1.29, 1.82) is 0 Å². The number of allylic oxidation sites excluding steroid dienone is 7. The lowest BCUT2D eigenvalue weighted by molar-refractivity contribution is 0.417. The normalized spacial score (nSPS) is 14.3. The van der Waals surface area contributed by atoms with Crippen LogP contribution in [0.5, 0.6) is 0 Å². The second-order valence-electron chi connectivity index (χ2n) is 7.29. The molecule has 0 aromatic heterocycles. The molecule has 1 aromatic carbocycles.